The number of halogens is 2. The summed E-state index contributed by atoms with van der Waals surface area (Å²) in [5.74, 6) is 3.34. The van der Waals surface area contributed by atoms with Crippen molar-refractivity contribution in [3.63, 3.8) is 0 Å². The third-order valence-corrected chi connectivity index (χ3v) is 6.70. The smallest absolute Gasteiger partial charge is 0.262 e. The van der Waals surface area contributed by atoms with Gasteiger partial charge in [0.25, 0.3) is 10.0 Å². The van der Waals surface area contributed by atoms with Gasteiger partial charge in [-0.1, -0.05) is 48.2 Å². The number of hydrogen-bond acceptors (Lipinski definition) is 5. The van der Waals surface area contributed by atoms with E-state index in [2.05, 4.69) is 31.7 Å². The molecule has 2 aromatic heterocycles. The molecule has 0 spiro atoms. The number of fused-ring (bicyclic) bond motifs is 2. The Morgan fingerprint density at radius 3 is 2.63 bits per heavy atom. The summed E-state index contributed by atoms with van der Waals surface area (Å²) in [5, 5.41) is 8.38. The molecule has 2 N–H and O–H groups in total. The van der Waals surface area contributed by atoms with E-state index in [1.165, 1.54) is 19.4 Å². The van der Waals surface area contributed by atoms with Gasteiger partial charge < -0.3 is 4.74 Å². The number of sulfonamides is 1. The number of ether oxygens (including phenoxy) is 1. The van der Waals surface area contributed by atoms with Crippen molar-refractivity contribution >= 4 is 37.5 Å². The van der Waals surface area contributed by atoms with E-state index < -0.39 is 32.9 Å². The molecule has 0 saturated carbocycles. The van der Waals surface area contributed by atoms with E-state index in [0.29, 0.717) is 33.2 Å². The van der Waals surface area contributed by atoms with Crippen molar-refractivity contribution < 1.29 is 21.9 Å². The molecule has 7 nitrogen and oxygen atoms in total. The fourth-order valence-electron chi connectivity index (χ4n) is 3.62. The molecule has 10 heteroatoms. The van der Waals surface area contributed by atoms with Crippen LogP contribution in [0.2, 0.25) is 0 Å². The number of H-pyrrole nitrogens is 1. The second-order valence-corrected chi connectivity index (χ2v) is 9.12. The number of pyridine rings is 1. The molecule has 0 atom stereocenters. The maximum atomic E-state index is 15.2. The molecule has 0 aliphatic carbocycles. The summed E-state index contributed by atoms with van der Waals surface area (Å²) in [6.45, 7) is 0. The van der Waals surface area contributed by atoms with Crippen LogP contribution in [-0.2, 0) is 10.0 Å². The Hall–Kier alpha value is -4.49. The lowest BCUT2D eigenvalue weighted by atomic mass is 10.1. The molecule has 0 saturated heterocycles. The van der Waals surface area contributed by atoms with Crippen LogP contribution >= 0.6 is 0 Å². The number of rotatable bonds is 4. The summed E-state index contributed by atoms with van der Waals surface area (Å²) >= 11 is 0. The van der Waals surface area contributed by atoms with E-state index in [1.807, 2.05) is 0 Å². The second kappa shape index (κ2) is 8.70. The van der Waals surface area contributed by atoms with E-state index >= 15 is 4.39 Å². The van der Waals surface area contributed by atoms with Gasteiger partial charge in [0.1, 0.15) is 5.82 Å². The van der Waals surface area contributed by atoms with Gasteiger partial charge in [-0.3, -0.25) is 9.82 Å². The Bertz CT molecular complexity index is 1770. The van der Waals surface area contributed by atoms with E-state index in [0.717, 1.165) is 12.1 Å². The molecule has 0 unspecified atom stereocenters. The quantitative estimate of drug-likeness (QED) is 0.359. The molecule has 0 fully saturated rings. The van der Waals surface area contributed by atoms with Gasteiger partial charge >= 0.3 is 0 Å². The lowest BCUT2D eigenvalue weighted by Crippen LogP contribution is -2.15. The molecule has 0 amide bonds. The molecule has 3 aromatic carbocycles. The third kappa shape index (κ3) is 4.13. The van der Waals surface area contributed by atoms with Crippen LogP contribution in [0.3, 0.4) is 0 Å². The van der Waals surface area contributed by atoms with Crippen molar-refractivity contribution in [1.82, 2.24) is 15.2 Å². The molecule has 2 heterocycles. The summed E-state index contributed by atoms with van der Waals surface area (Å²) < 4.78 is 63.1. The van der Waals surface area contributed by atoms with Gasteiger partial charge in [-0.15, -0.1) is 5.10 Å². The SMILES string of the molecule is COc1n[nH]c2ncc(C#Cc3c(F)ccc(NS(=O)(=O)c4cccc5ccccc45)c3F)cc12. The zero-order valence-electron chi connectivity index (χ0n) is 18.1. The highest BCUT2D eigenvalue weighted by molar-refractivity contribution is 7.93. The van der Waals surface area contributed by atoms with Gasteiger partial charge in [0, 0.05) is 17.1 Å². The highest BCUT2D eigenvalue weighted by Crippen LogP contribution is 2.28. The molecule has 5 aromatic rings. The first-order valence-corrected chi connectivity index (χ1v) is 11.7. The summed E-state index contributed by atoms with van der Waals surface area (Å²) in [6, 6.07) is 15.3. The highest BCUT2D eigenvalue weighted by Gasteiger charge is 2.21. The molecule has 35 heavy (non-hydrogen) atoms. The maximum absolute atomic E-state index is 15.2. The number of nitrogens with zero attached hydrogens (tertiary/aromatic N) is 2. The Morgan fingerprint density at radius 1 is 1.00 bits per heavy atom. The Kier molecular flexibility index (Phi) is 5.55. The van der Waals surface area contributed by atoms with Crippen molar-refractivity contribution in [3.8, 4) is 17.7 Å². The highest BCUT2D eigenvalue weighted by atomic mass is 32.2. The second-order valence-electron chi connectivity index (χ2n) is 7.47. The molecule has 174 valence electrons. The lowest BCUT2D eigenvalue weighted by molar-refractivity contribution is 0.401. The lowest BCUT2D eigenvalue weighted by Gasteiger charge is -2.12. The molecule has 0 aliphatic rings. The number of aromatic nitrogens is 3. The van der Waals surface area contributed by atoms with Crippen molar-refractivity contribution in [2.24, 2.45) is 0 Å². The van der Waals surface area contributed by atoms with E-state index in [4.69, 9.17) is 4.74 Å². The van der Waals surface area contributed by atoms with Crippen LogP contribution in [0.15, 0.2) is 71.8 Å². The predicted molar refractivity (Wildman–Crippen MR) is 128 cm³/mol. The minimum atomic E-state index is -4.18. The third-order valence-electron chi connectivity index (χ3n) is 5.28. The zero-order valence-corrected chi connectivity index (χ0v) is 19.0. The monoisotopic (exact) mass is 490 g/mol. The minimum absolute atomic E-state index is 0.0274. The number of hydrogen-bond donors (Lipinski definition) is 2. The van der Waals surface area contributed by atoms with E-state index in [9.17, 15) is 12.8 Å². The van der Waals surface area contributed by atoms with E-state index in [-0.39, 0.29) is 4.90 Å². The van der Waals surface area contributed by atoms with Crippen LogP contribution < -0.4 is 9.46 Å². The molecule has 0 bridgehead atoms. The van der Waals surface area contributed by atoms with Crippen molar-refractivity contribution in [3.05, 3.63) is 89.6 Å². The molecule has 5 rings (SSSR count). The fourth-order valence-corrected chi connectivity index (χ4v) is 4.91. The van der Waals surface area contributed by atoms with Gasteiger partial charge in [0.05, 0.1) is 28.6 Å². The normalized spacial score (nSPS) is 11.3. The van der Waals surface area contributed by atoms with E-state index in [1.54, 1.807) is 42.5 Å². The number of methoxy groups -OCH3 is 1. The van der Waals surface area contributed by atoms with Gasteiger partial charge in [-0.05, 0) is 29.7 Å². The molecular formula is C25H16F2N4O3S. The first-order valence-electron chi connectivity index (χ1n) is 10.3. The van der Waals surface area contributed by atoms with Gasteiger partial charge in [-0.25, -0.2) is 22.2 Å². The topological polar surface area (TPSA) is 97.0 Å². The number of anilines is 1. The van der Waals surface area contributed by atoms with Gasteiger partial charge in [0.2, 0.25) is 5.88 Å². The summed E-state index contributed by atoms with van der Waals surface area (Å²) in [4.78, 5) is 4.12. The fraction of sp³-hybridized carbons (Fsp3) is 0.0400. The van der Waals surface area contributed by atoms with Gasteiger partial charge in [0.15, 0.2) is 11.5 Å². The van der Waals surface area contributed by atoms with Crippen LogP contribution in [0.4, 0.5) is 14.5 Å². The van der Waals surface area contributed by atoms with Crippen LogP contribution in [0, 0.1) is 23.5 Å². The van der Waals surface area contributed by atoms with Crippen molar-refractivity contribution in [2.75, 3.05) is 11.8 Å². The minimum Gasteiger partial charge on any atom is -0.479 e. The van der Waals surface area contributed by atoms with Crippen molar-refractivity contribution in [1.29, 1.82) is 0 Å². The average Bonchev–Trinajstić information content (AvgIpc) is 3.27. The van der Waals surface area contributed by atoms with Gasteiger partial charge in [-0.2, -0.15) is 0 Å². The number of nitrogens with one attached hydrogen (secondary N) is 2. The molecule has 0 aliphatic heterocycles. The standard InChI is InChI=1S/C25H16F2N4O3S/c1-34-25-19-13-15(14-28-24(19)29-30-25)9-10-18-20(26)11-12-21(23(18)27)31-35(32,33)22-8-4-6-16-5-2-3-7-17(16)22/h2-8,11-14,31H,1H3,(H,28,29,30). The predicted octanol–water partition coefficient (Wildman–Crippen LogP) is 4.60. The zero-order chi connectivity index (χ0) is 24.6. The first-order chi connectivity index (χ1) is 16.9. The van der Waals surface area contributed by atoms with Crippen LogP contribution in [-0.4, -0.2) is 30.7 Å². The number of benzene rings is 3. The summed E-state index contributed by atoms with van der Waals surface area (Å²) in [5.41, 5.74) is -0.177. The van der Waals surface area contributed by atoms with Crippen LogP contribution in [0.5, 0.6) is 5.88 Å². The average molecular weight is 490 g/mol. The Labute approximate surface area is 198 Å². The first kappa shape index (κ1) is 22.3. The van der Waals surface area contributed by atoms with Crippen LogP contribution in [0.25, 0.3) is 21.8 Å². The summed E-state index contributed by atoms with van der Waals surface area (Å²) in [7, 11) is -2.73. The molecule has 0 radical (unpaired) electrons. The Morgan fingerprint density at radius 2 is 1.80 bits per heavy atom. The van der Waals surface area contributed by atoms with Crippen molar-refractivity contribution in [2.45, 2.75) is 4.90 Å². The Balaban J connectivity index is 1.52. The largest absolute Gasteiger partial charge is 0.479 e. The van der Waals surface area contributed by atoms with Crippen LogP contribution in [0.1, 0.15) is 11.1 Å². The molecular weight excluding hydrogens is 474 g/mol. The summed E-state index contributed by atoms with van der Waals surface area (Å²) in [6.07, 6.45) is 1.41. The number of aromatic amines is 1. The maximum Gasteiger partial charge on any atom is 0.262 e.